The van der Waals surface area contributed by atoms with Gasteiger partial charge >= 0.3 is 18.0 Å². The lowest BCUT2D eigenvalue weighted by Crippen LogP contribution is -2.49. The highest BCUT2D eigenvalue weighted by molar-refractivity contribution is 5.81. The van der Waals surface area contributed by atoms with Gasteiger partial charge in [0.25, 0.3) is 0 Å². The minimum atomic E-state index is -0.963. The van der Waals surface area contributed by atoms with Crippen LogP contribution in [0.4, 0.5) is 4.79 Å². The van der Waals surface area contributed by atoms with E-state index >= 15 is 0 Å². The number of carboxylic acid groups (broad SMARTS) is 1. The summed E-state index contributed by atoms with van der Waals surface area (Å²) < 4.78 is 4.55. The summed E-state index contributed by atoms with van der Waals surface area (Å²) in [6.07, 6.45) is -0.121. The number of carbonyl (C=O) groups excluding carboxylic acids is 2. The molecule has 0 aliphatic carbocycles. The molecule has 0 aromatic carbocycles. The van der Waals surface area contributed by atoms with Crippen molar-refractivity contribution in [1.29, 1.82) is 0 Å². The summed E-state index contributed by atoms with van der Waals surface area (Å²) in [6.45, 7) is 5.69. The Bertz CT molecular complexity index is 330. The molecular weight excluding hydrogens is 252 g/mol. The zero-order valence-corrected chi connectivity index (χ0v) is 11.9. The molecule has 1 N–H and O–H groups in total. The first-order chi connectivity index (χ1) is 8.83. The van der Waals surface area contributed by atoms with E-state index in [1.807, 2.05) is 0 Å². The average Bonchev–Trinajstić information content (AvgIpc) is 2.35. The Morgan fingerprint density at radius 2 is 1.84 bits per heavy atom. The van der Waals surface area contributed by atoms with Crippen molar-refractivity contribution in [3.63, 3.8) is 0 Å². The van der Waals surface area contributed by atoms with E-state index in [0.29, 0.717) is 6.54 Å². The van der Waals surface area contributed by atoms with Crippen LogP contribution < -0.4 is 0 Å². The van der Waals surface area contributed by atoms with Gasteiger partial charge in [-0.05, 0) is 20.8 Å². The van der Waals surface area contributed by atoms with E-state index in [4.69, 9.17) is 5.11 Å². The number of carboxylic acids is 1. The second-order valence-corrected chi connectivity index (χ2v) is 4.30. The average molecular weight is 274 g/mol. The van der Waals surface area contributed by atoms with Gasteiger partial charge in [0.2, 0.25) is 0 Å². The topological polar surface area (TPSA) is 87.2 Å². The SMILES string of the molecule is CCN(CCC(=O)O)C(=O)N(CC(=O)OC)C(C)C. The van der Waals surface area contributed by atoms with Crippen LogP contribution in [0.25, 0.3) is 0 Å². The number of methoxy groups -OCH3 is 1. The van der Waals surface area contributed by atoms with E-state index < -0.39 is 11.9 Å². The van der Waals surface area contributed by atoms with Crippen LogP contribution >= 0.6 is 0 Å². The maximum absolute atomic E-state index is 12.2. The highest BCUT2D eigenvalue weighted by Crippen LogP contribution is 2.06. The summed E-state index contributed by atoms with van der Waals surface area (Å²) in [4.78, 5) is 36.8. The fourth-order valence-electron chi connectivity index (χ4n) is 1.48. The van der Waals surface area contributed by atoms with Crippen LogP contribution in [0, 0.1) is 0 Å². The molecule has 0 aliphatic rings. The predicted molar refractivity (Wildman–Crippen MR) is 68.8 cm³/mol. The smallest absolute Gasteiger partial charge is 0.325 e. The maximum atomic E-state index is 12.2. The van der Waals surface area contributed by atoms with Crippen molar-refractivity contribution in [3.8, 4) is 0 Å². The van der Waals surface area contributed by atoms with Crippen molar-refractivity contribution < 1.29 is 24.2 Å². The molecule has 0 fully saturated rings. The van der Waals surface area contributed by atoms with Gasteiger partial charge in [-0.15, -0.1) is 0 Å². The molecule has 7 heteroatoms. The molecule has 0 heterocycles. The molecule has 0 aliphatic heterocycles. The number of esters is 1. The molecule has 0 rings (SSSR count). The summed E-state index contributed by atoms with van der Waals surface area (Å²) in [5, 5.41) is 8.65. The Labute approximate surface area is 113 Å². The summed E-state index contributed by atoms with van der Waals surface area (Å²) in [6, 6.07) is -0.533. The molecule has 0 spiro atoms. The Morgan fingerprint density at radius 3 is 2.21 bits per heavy atom. The normalized spacial score (nSPS) is 10.2. The number of hydrogen-bond acceptors (Lipinski definition) is 4. The third kappa shape index (κ3) is 6.08. The van der Waals surface area contributed by atoms with Crippen LogP contribution in [0.15, 0.2) is 0 Å². The molecule has 7 nitrogen and oxygen atoms in total. The van der Waals surface area contributed by atoms with Gasteiger partial charge in [-0.2, -0.15) is 0 Å². The van der Waals surface area contributed by atoms with Gasteiger partial charge in [0.15, 0.2) is 0 Å². The first kappa shape index (κ1) is 17.2. The van der Waals surface area contributed by atoms with Gasteiger partial charge in [0.05, 0.1) is 13.5 Å². The Morgan fingerprint density at radius 1 is 1.26 bits per heavy atom. The molecule has 0 atom stereocenters. The summed E-state index contributed by atoms with van der Waals surface area (Å²) in [7, 11) is 1.26. The van der Waals surface area contributed by atoms with Gasteiger partial charge < -0.3 is 19.6 Å². The number of urea groups is 1. The summed E-state index contributed by atoms with van der Waals surface area (Å²) >= 11 is 0. The Hall–Kier alpha value is -1.79. The Kier molecular flexibility index (Phi) is 7.55. The molecule has 0 unspecified atom stereocenters. The molecule has 19 heavy (non-hydrogen) atoms. The molecule has 0 radical (unpaired) electrons. The first-order valence-electron chi connectivity index (χ1n) is 6.17. The van der Waals surface area contributed by atoms with E-state index in [2.05, 4.69) is 4.74 Å². The van der Waals surface area contributed by atoms with E-state index in [-0.39, 0.29) is 31.6 Å². The molecular formula is C12H22N2O5. The molecule has 0 bridgehead atoms. The predicted octanol–water partition coefficient (Wildman–Crippen LogP) is 0.786. The number of ether oxygens (including phenoxy) is 1. The van der Waals surface area contributed by atoms with Gasteiger partial charge in [-0.25, -0.2) is 4.79 Å². The van der Waals surface area contributed by atoms with Crippen LogP contribution in [-0.2, 0) is 14.3 Å². The van der Waals surface area contributed by atoms with Crippen molar-refractivity contribution in [2.75, 3.05) is 26.7 Å². The minimum Gasteiger partial charge on any atom is -0.481 e. The zero-order chi connectivity index (χ0) is 15.0. The third-order valence-electron chi connectivity index (χ3n) is 2.64. The molecule has 2 amide bonds. The monoisotopic (exact) mass is 274 g/mol. The second kappa shape index (κ2) is 8.34. The van der Waals surface area contributed by atoms with Crippen LogP contribution in [0.1, 0.15) is 27.2 Å². The lowest BCUT2D eigenvalue weighted by atomic mass is 10.3. The summed E-state index contributed by atoms with van der Waals surface area (Å²) in [5.74, 6) is -1.47. The Balaban J connectivity index is 4.74. The van der Waals surface area contributed by atoms with Crippen LogP contribution in [0.3, 0.4) is 0 Å². The lowest BCUT2D eigenvalue weighted by molar-refractivity contribution is -0.142. The maximum Gasteiger partial charge on any atom is 0.325 e. The van der Waals surface area contributed by atoms with Crippen molar-refractivity contribution in [2.45, 2.75) is 33.2 Å². The van der Waals surface area contributed by atoms with E-state index in [1.54, 1.807) is 20.8 Å². The number of rotatable bonds is 7. The first-order valence-corrected chi connectivity index (χ1v) is 6.17. The number of hydrogen-bond donors (Lipinski definition) is 1. The zero-order valence-electron chi connectivity index (χ0n) is 11.9. The van der Waals surface area contributed by atoms with E-state index in [9.17, 15) is 14.4 Å². The number of aliphatic carboxylic acids is 1. The number of amides is 2. The third-order valence-corrected chi connectivity index (χ3v) is 2.64. The van der Waals surface area contributed by atoms with Crippen LogP contribution in [0.2, 0.25) is 0 Å². The second-order valence-electron chi connectivity index (χ2n) is 4.30. The standard InChI is InChI=1S/C12H22N2O5/c1-5-13(7-6-10(15)16)12(18)14(9(2)3)8-11(17)19-4/h9H,5-8H2,1-4H3,(H,15,16). The molecule has 0 saturated heterocycles. The fraction of sp³-hybridized carbons (Fsp3) is 0.750. The van der Waals surface area contributed by atoms with Gasteiger partial charge in [-0.3, -0.25) is 9.59 Å². The number of carbonyl (C=O) groups is 3. The molecule has 0 aromatic rings. The minimum absolute atomic E-state index is 0.120. The van der Waals surface area contributed by atoms with E-state index in [0.717, 1.165) is 0 Å². The van der Waals surface area contributed by atoms with Crippen molar-refractivity contribution in [3.05, 3.63) is 0 Å². The van der Waals surface area contributed by atoms with Crippen molar-refractivity contribution >= 4 is 18.0 Å². The van der Waals surface area contributed by atoms with Gasteiger partial charge in [0, 0.05) is 19.1 Å². The number of nitrogens with zero attached hydrogens (tertiary/aromatic N) is 2. The molecule has 0 aromatic heterocycles. The molecule has 110 valence electrons. The van der Waals surface area contributed by atoms with Gasteiger partial charge in [-0.1, -0.05) is 0 Å². The van der Waals surface area contributed by atoms with Crippen molar-refractivity contribution in [1.82, 2.24) is 9.80 Å². The summed E-state index contributed by atoms with van der Waals surface area (Å²) in [5.41, 5.74) is 0. The van der Waals surface area contributed by atoms with Crippen molar-refractivity contribution in [2.24, 2.45) is 0 Å². The quantitative estimate of drug-likeness (QED) is 0.693. The van der Waals surface area contributed by atoms with Gasteiger partial charge in [0.1, 0.15) is 6.54 Å². The van der Waals surface area contributed by atoms with Crippen LogP contribution in [0.5, 0.6) is 0 Å². The lowest BCUT2D eigenvalue weighted by Gasteiger charge is -2.31. The van der Waals surface area contributed by atoms with E-state index in [1.165, 1.54) is 16.9 Å². The fourth-order valence-corrected chi connectivity index (χ4v) is 1.48. The highest BCUT2D eigenvalue weighted by Gasteiger charge is 2.25. The highest BCUT2D eigenvalue weighted by atomic mass is 16.5. The molecule has 0 saturated carbocycles. The largest absolute Gasteiger partial charge is 0.481 e. The van der Waals surface area contributed by atoms with Crippen LogP contribution in [-0.4, -0.2) is 65.7 Å².